The number of halogens is 1. The molecule has 6 heteroatoms. The zero-order chi connectivity index (χ0) is 13.0. The normalized spacial score (nSPS) is 10.6. The molecule has 0 spiro atoms. The molecule has 0 saturated heterocycles. The summed E-state index contributed by atoms with van der Waals surface area (Å²) in [6.07, 6.45) is 0. The van der Waals surface area contributed by atoms with E-state index in [9.17, 15) is 4.79 Å². The Bertz CT molecular complexity index is 577. The minimum Gasteiger partial charge on any atom is -0.465 e. The molecular formula is C12H11ClN2O2S. The molecule has 2 rings (SSSR count). The lowest BCUT2D eigenvalue weighted by molar-refractivity contribution is -0.139. The first-order valence-electron chi connectivity index (χ1n) is 5.41. The van der Waals surface area contributed by atoms with Crippen LogP contribution >= 0.6 is 23.4 Å². The number of rotatable bonds is 4. The highest BCUT2D eigenvalue weighted by molar-refractivity contribution is 7.99. The predicted octanol–water partition coefficient (Wildman–Crippen LogP) is 2.94. The van der Waals surface area contributed by atoms with Crippen molar-refractivity contribution in [2.24, 2.45) is 0 Å². The van der Waals surface area contributed by atoms with E-state index in [1.54, 1.807) is 6.92 Å². The van der Waals surface area contributed by atoms with Gasteiger partial charge in [0, 0.05) is 5.39 Å². The van der Waals surface area contributed by atoms with Crippen LogP contribution in [-0.2, 0) is 9.53 Å². The van der Waals surface area contributed by atoms with Crippen molar-refractivity contribution in [3.63, 3.8) is 0 Å². The molecular weight excluding hydrogens is 272 g/mol. The fourth-order valence-corrected chi connectivity index (χ4v) is 2.35. The smallest absolute Gasteiger partial charge is 0.316 e. The topological polar surface area (TPSA) is 52.1 Å². The zero-order valence-corrected chi connectivity index (χ0v) is 11.3. The molecule has 2 aromatic rings. The Morgan fingerprint density at radius 2 is 2.17 bits per heavy atom. The molecule has 1 heterocycles. The second-order valence-electron chi connectivity index (χ2n) is 3.41. The van der Waals surface area contributed by atoms with Crippen LogP contribution < -0.4 is 0 Å². The van der Waals surface area contributed by atoms with Crippen molar-refractivity contribution in [1.82, 2.24) is 9.97 Å². The van der Waals surface area contributed by atoms with E-state index in [-0.39, 0.29) is 11.7 Å². The van der Waals surface area contributed by atoms with Gasteiger partial charge in [0.15, 0.2) is 5.16 Å². The third kappa shape index (κ3) is 3.11. The third-order valence-corrected chi connectivity index (χ3v) is 3.27. The van der Waals surface area contributed by atoms with Crippen LogP contribution in [-0.4, -0.2) is 28.3 Å². The summed E-state index contributed by atoms with van der Waals surface area (Å²) >= 11 is 7.27. The number of thioether (sulfide) groups is 1. The van der Waals surface area contributed by atoms with Crippen LogP contribution in [0.4, 0.5) is 0 Å². The lowest BCUT2D eigenvalue weighted by atomic mass is 10.2. The second-order valence-corrected chi connectivity index (χ2v) is 4.71. The Balaban J connectivity index is 2.17. The van der Waals surface area contributed by atoms with E-state index in [0.717, 1.165) is 10.9 Å². The van der Waals surface area contributed by atoms with Gasteiger partial charge in [0.1, 0.15) is 5.15 Å². The summed E-state index contributed by atoms with van der Waals surface area (Å²) in [4.78, 5) is 19.7. The summed E-state index contributed by atoms with van der Waals surface area (Å²) < 4.78 is 4.83. The van der Waals surface area contributed by atoms with Crippen molar-refractivity contribution in [3.05, 3.63) is 29.4 Å². The largest absolute Gasteiger partial charge is 0.465 e. The SMILES string of the molecule is CCOC(=O)CSc1nc(Cl)c2ccccc2n1. The molecule has 0 aliphatic heterocycles. The molecule has 0 aliphatic carbocycles. The summed E-state index contributed by atoms with van der Waals surface area (Å²) in [5.74, 6) is -0.0990. The van der Waals surface area contributed by atoms with Gasteiger partial charge in [-0.15, -0.1) is 0 Å². The maximum Gasteiger partial charge on any atom is 0.316 e. The van der Waals surface area contributed by atoms with Crippen molar-refractivity contribution in [2.45, 2.75) is 12.1 Å². The van der Waals surface area contributed by atoms with E-state index >= 15 is 0 Å². The number of esters is 1. The van der Waals surface area contributed by atoms with Gasteiger partial charge in [0.25, 0.3) is 0 Å². The number of carbonyl (C=O) groups excluding carboxylic acids is 1. The summed E-state index contributed by atoms with van der Waals surface area (Å²) in [7, 11) is 0. The molecule has 0 aliphatic rings. The van der Waals surface area contributed by atoms with Crippen molar-refractivity contribution >= 4 is 40.2 Å². The van der Waals surface area contributed by atoms with E-state index in [0.29, 0.717) is 16.9 Å². The Kier molecular flexibility index (Phi) is 4.38. The van der Waals surface area contributed by atoms with Gasteiger partial charge in [-0.25, -0.2) is 9.97 Å². The minimum absolute atomic E-state index is 0.183. The first kappa shape index (κ1) is 13.1. The van der Waals surface area contributed by atoms with Crippen LogP contribution in [0, 0.1) is 0 Å². The van der Waals surface area contributed by atoms with E-state index in [1.165, 1.54) is 11.8 Å². The molecule has 1 aromatic carbocycles. The number of hydrogen-bond acceptors (Lipinski definition) is 5. The summed E-state index contributed by atoms with van der Waals surface area (Å²) in [6, 6.07) is 7.48. The van der Waals surface area contributed by atoms with E-state index in [4.69, 9.17) is 16.3 Å². The number of hydrogen-bond donors (Lipinski definition) is 0. The molecule has 0 bridgehead atoms. The molecule has 0 fully saturated rings. The van der Waals surface area contributed by atoms with Crippen LogP contribution in [0.1, 0.15) is 6.92 Å². The van der Waals surface area contributed by atoms with Crippen molar-refractivity contribution < 1.29 is 9.53 Å². The molecule has 94 valence electrons. The molecule has 4 nitrogen and oxygen atoms in total. The number of ether oxygens (including phenoxy) is 1. The number of benzene rings is 1. The van der Waals surface area contributed by atoms with E-state index < -0.39 is 0 Å². The standard InChI is InChI=1S/C12H11ClN2O2S/c1-2-17-10(16)7-18-12-14-9-6-4-3-5-8(9)11(13)15-12/h3-6H,2,7H2,1H3. The maximum atomic E-state index is 11.2. The lowest BCUT2D eigenvalue weighted by Crippen LogP contribution is -2.07. The Morgan fingerprint density at radius 3 is 2.94 bits per heavy atom. The van der Waals surface area contributed by atoms with Gasteiger partial charge in [-0.3, -0.25) is 4.79 Å². The van der Waals surface area contributed by atoms with Gasteiger partial charge in [-0.05, 0) is 19.1 Å². The van der Waals surface area contributed by atoms with Gasteiger partial charge in [0.2, 0.25) is 0 Å². The van der Waals surface area contributed by atoms with Gasteiger partial charge in [-0.1, -0.05) is 35.5 Å². The molecule has 0 saturated carbocycles. The van der Waals surface area contributed by atoms with Crippen molar-refractivity contribution in [3.8, 4) is 0 Å². The highest BCUT2D eigenvalue weighted by atomic mass is 35.5. The van der Waals surface area contributed by atoms with Crippen LogP contribution in [0.25, 0.3) is 10.9 Å². The Labute approximate surface area is 114 Å². The van der Waals surface area contributed by atoms with Crippen LogP contribution in [0.3, 0.4) is 0 Å². The molecule has 0 N–H and O–H groups in total. The van der Waals surface area contributed by atoms with Gasteiger partial charge < -0.3 is 4.74 Å². The van der Waals surface area contributed by atoms with Gasteiger partial charge >= 0.3 is 5.97 Å². The predicted molar refractivity (Wildman–Crippen MR) is 71.9 cm³/mol. The zero-order valence-electron chi connectivity index (χ0n) is 9.72. The van der Waals surface area contributed by atoms with E-state index in [1.807, 2.05) is 24.3 Å². The highest BCUT2D eigenvalue weighted by Gasteiger charge is 2.08. The third-order valence-electron chi connectivity index (χ3n) is 2.16. The fraction of sp³-hybridized carbons (Fsp3) is 0.250. The van der Waals surface area contributed by atoms with Gasteiger partial charge in [-0.2, -0.15) is 0 Å². The minimum atomic E-state index is -0.282. The van der Waals surface area contributed by atoms with Crippen LogP contribution in [0.2, 0.25) is 5.15 Å². The van der Waals surface area contributed by atoms with Crippen LogP contribution in [0.15, 0.2) is 29.4 Å². The monoisotopic (exact) mass is 282 g/mol. The number of carbonyl (C=O) groups is 1. The highest BCUT2D eigenvalue weighted by Crippen LogP contribution is 2.23. The molecule has 1 aromatic heterocycles. The van der Waals surface area contributed by atoms with Crippen molar-refractivity contribution in [2.75, 3.05) is 12.4 Å². The lowest BCUT2D eigenvalue weighted by Gasteiger charge is -2.03. The summed E-state index contributed by atoms with van der Waals surface area (Å²) in [5, 5.41) is 1.68. The quantitative estimate of drug-likeness (QED) is 0.373. The second kappa shape index (κ2) is 6.02. The first-order chi connectivity index (χ1) is 8.70. The van der Waals surface area contributed by atoms with Crippen LogP contribution in [0.5, 0.6) is 0 Å². The number of nitrogens with zero attached hydrogens (tertiary/aromatic N) is 2. The maximum absolute atomic E-state index is 11.2. The molecule has 0 amide bonds. The Hall–Kier alpha value is -1.33. The average molecular weight is 283 g/mol. The molecule has 0 unspecified atom stereocenters. The molecule has 0 atom stereocenters. The van der Waals surface area contributed by atoms with E-state index in [2.05, 4.69) is 9.97 Å². The van der Waals surface area contributed by atoms with Crippen molar-refractivity contribution in [1.29, 1.82) is 0 Å². The fourth-order valence-electron chi connectivity index (χ4n) is 1.41. The molecule has 18 heavy (non-hydrogen) atoms. The first-order valence-corrected chi connectivity index (χ1v) is 6.77. The van der Waals surface area contributed by atoms with Gasteiger partial charge in [0.05, 0.1) is 17.9 Å². The molecule has 0 radical (unpaired) electrons. The Morgan fingerprint density at radius 1 is 1.39 bits per heavy atom. The summed E-state index contributed by atoms with van der Waals surface area (Å²) in [6.45, 7) is 2.14. The summed E-state index contributed by atoms with van der Waals surface area (Å²) in [5.41, 5.74) is 0.767. The number of para-hydroxylation sites is 1. The number of aromatic nitrogens is 2. The average Bonchev–Trinajstić information content (AvgIpc) is 2.37. The number of fused-ring (bicyclic) bond motifs is 1.